The number of aliphatic imine (C=N–C) groups is 1. The van der Waals surface area contributed by atoms with Crippen LogP contribution in [0.1, 0.15) is 29.7 Å². The summed E-state index contributed by atoms with van der Waals surface area (Å²) in [5.41, 5.74) is 5.91. The van der Waals surface area contributed by atoms with Gasteiger partial charge in [-0.1, -0.05) is 6.92 Å². The summed E-state index contributed by atoms with van der Waals surface area (Å²) < 4.78 is 0. The molecule has 0 aliphatic carbocycles. The molecule has 0 spiro atoms. The summed E-state index contributed by atoms with van der Waals surface area (Å²) in [6.07, 6.45) is 5.34. The number of thiazole rings is 1. The summed E-state index contributed by atoms with van der Waals surface area (Å²) >= 11 is 1.74. The first-order valence-electron chi connectivity index (χ1n) is 7.38. The molecule has 6 heteroatoms. The van der Waals surface area contributed by atoms with E-state index in [4.69, 9.17) is 5.73 Å². The highest BCUT2D eigenvalue weighted by Gasteiger charge is 2.22. The topological polar surface area (TPSA) is 66.5 Å². The fourth-order valence-electron chi connectivity index (χ4n) is 2.59. The Morgan fingerprint density at radius 3 is 3.20 bits per heavy atom. The number of hydrogen-bond acceptors (Lipinski definition) is 4. The van der Waals surface area contributed by atoms with Crippen LogP contribution in [0.25, 0.3) is 0 Å². The molecule has 1 aromatic heterocycles. The highest BCUT2D eigenvalue weighted by Crippen LogP contribution is 2.16. The third-order valence-corrected chi connectivity index (χ3v) is 4.66. The minimum Gasteiger partial charge on any atom is -0.370 e. The minimum absolute atomic E-state index is 0.557. The molecule has 20 heavy (non-hydrogen) atoms. The molecule has 1 aliphatic heterocycles. The largest absolute Gasteiger partial charge is 0.370 e. The normalized spacial score (nSPS) is 20.5. The Bertz CT molecular complexity index is 443. The van der Waals surface area contributed by atoms with Crippen molar-refractivity contribution >= 4 is 17.3 Å². The van der Waals surface area contributed by atoms with E-state index < -0.39 is 0 Å². The molecule has 0 amide bonds. The molecule has 1 saturated heterocycles. The predicted molar refractivity (Wildman–Crippen MR) is 85.3 cm³/mol. The van der Waals surface area contributed by atoms with Crippen molar-refractivity contribution in [1.29, 1.82) is 0 Å². The molecule has 3 N–H and O–H groups in total. The number of aromatic nitrogens is 1. The van der Waals surface area contributed by atoms with Gasteiger partial charge in [0.2, 0.25) is 0 Å². The van der Waals surface area contributed by atoms with Crippen LogP contribution in [-0.2, 0) is 6.42 Å². The smallest absolute Gasteiger partial charge is 0.188 e. The van der Waals surface area contributed by atoms with Gasteiger partial charge in [0, 0.05) is 30.1 Å². The molecular weight excluding hydrogens is 270 g/mol. The van der Waals surface area contributed by atoms with E-state index in [0.29, 0.717) is 12.0 Å². The number of likely N-dealkylation sites (N-methyl/N-ethyl adjacent to an activating group) is 1. The second-order valence-electron chi connectivity index (χ2n) is 5.19. The summed E-state index contributed by atoms with van der Waals surface area (Å²) in [7, 11) is 0. The Labute approximate surface area is 125 Å². The van der Waals surface area contributed by atoms with Crippen molar-refractivity contribution in [3.05, 3.63) is 16.1 Å². The molecule has 1 aliphatic rings. The maximum Gasteiger partial charge on any atom is 0.188 e. The van der Waals surface area contributed by atoms with Crippen molar-refractivity contribution in [2.75, 3.05) is 26.2 Å². The summed E-state index contributed by atoms with van der Waals surface area (Å²) in [5, 5.41) is 4.32. The van der Waals surface area contributed by atoms with E-state index in [1.54, 1.807) is 11.3 Å². The van der Waals surface area contributed by atoms with Crippen molar-refractivity contribution in [1.82, 2.24) is 15.2 Å². The van der Waals surface area contributed by atoms with Gasteiger partial charge in [-0.15, -0.1) is 11.3 Å². The summed E-state index contributed by atoms with van der Waals surface area (Å²) in [5.74, 6) is 0.557. The Morgan fingerprint density at radius 1 is 1.65 bits per heavy atom. The zero-order valence-electron chi connectivity index (χ0n) is 12.4. The van der Waals surface area contributed by atoms with Crippen molar-refractivity contribution in [2.45, 2.75) is 39.2 Å². The molecule has 1 atom stereocenters. The minimum atomic E-state index is 0.557. The van der Waals surface area contributed by atoms with Crippen LogP contribution in [-0.4, -0.2) is 48.1 Å². The summed E-state index contributed by atoms with van der Waals surface area (Å²) in [6.45, 7) is 8.20. The predicted octanol–water partition coefficient (Wildman–Crippen LogP) is 1.38. The van der Waals surface area contributed by atoms with Crippen LogP contribution in [0.5, 0.6) is 0 Å². The lowest BCUT2D eigenvalue weighted by Crippen LogP contribution is -2.36. The fraction of sp³-hybridized carbons (Fsp3) is 0.714. The van der Waals surface area contributed by atoms with Gasteiger partial charge < -0.3 is 11.1 Å². The second-order valence-corrected chi connectivity index (χ2v) is 6.51. The van der Waals surface area contributed by atoms with E-state index in [0.717, 1.165) is 31.1 Å². The molecule has 5 nitrogen and oxygen atoms in total. The van der Waals surface area contributed by atoms with E-state index in [1.807, 2.05) is 6.20 Å². The molecule has 1 fully saturated rings. The summed E-state index contributed by atoms with van der Waals surface area (Å²) in [4.78, 5) is 12.5. The Balaban J connectivity index is 1.68. The number of rotatable bonds is 6. The van der Waals surface area contributed by atoms with Crippen LogP contribution in [0.4, 0.5) is 0 Å². The Morgan fingerprint density at radius 2 is 2.50 bits per heavy atom. The zero-order valence-corrected chi connectivity index (χ0v) is 13.2. The van der Waals surface area contributed by atoms with Gasteiger partial charge in [-0.2, -0.15) is 0 Å². The number of nitrogens with two attached hydrogens (primary N) is 1. The lowest BCUT2D eigenvalue weighted by atomic mass is 10.2. The average Bonchev–Trinajstić information content (AvgIpc) is 3.05. The van der Waals surface area contributed by atoms with Crippen LogP contribution in [0.15, 0.2) is 11.2 Å². The highest BCUT2D eigenvalue weighted by atomic mass is 32.1. The lowest BCUT2D eigenvalue weighted by Gasteiger charge is -2.20. The second kappa shape index (κ2) is 7.59. The van der Waals surface area contributed by atoms with Gasteiger partial charge in [0.05, 0.1) is 11.6 Å². The standard InChI is InChI=1S/C14H25N5S/c1-3-19-8-4-5-12(19)10-18-14(15)16-7-6-13-17-9-11(2)20-13/h9,12H,3-8,10H2,1-2H3,(H3,15,16,18). The molecular formula is C14H25N5S. The SMILES string of the molecule is CCN1CCCC1CN=C(N)NCCc1ncc(C)s1. The van der Waals surface area contributed by atoms with Crippen molar-refractivity contribution in [2.24, 2.45) is 10.7 Å². The van der Waals surface area contributed by atoms with Gasteiger partial charge in [0.1, 0.15) is 0 Å². The van der Waals surface area contributed by atoms with Gasteiger partial charge in [0.15, 0.2) is 5.96 Å². The van der Waals surface area contributed by atoms with E-state index in [9.17, 15) is 0 Å². The molecule has 2 heterocycles. The first-order chi connectivity index (χ1) is 9.69. The number of likely N-dealkylation sites (tertiary alicyclic amines) is 1. The quantitative estimate of drug-likeness (QED) is 0.615. The molecule has 0 bridgehead atoms. The molecule has 0 radical (unpaired) electrons. The van der Waals surface area contributed by atoms with Crippen molar-refractivity contribution in [3.8, 4) is 0 Å². The molecule has 2 rings (SSSR count). The first kappa shape index (κ1) is 15.3. The van der Waals surface area contributed by atoms with E-state index in [2.05, 4.69) is 34.0 Å². The number of nitrogens with zero attached hydrogens (tertiary/aromatic N) is 3. The van der Waals surface area contributed by atoms with Crippen molar-refractivity contribution < 1.29 is 0 Å². The third-order valence-electron chi connectivity index (χ3n) is 3.69. The molecule has 1 aromatic rings. The van der Waals surface area contributed by atoms with Gasteiger partial charge >= 0.3 is 0 Å². The molecule has 0 saturated carbocycles. The van der Waals surface area contributed by atoms with E-state index >= 15 is 0 Å². The van der Waals surface area contributed by atoms with Gasteiger partial charge in [-0.25, -0.2) is 4.98 Å². The zero-order chi connectivity index (χ0) is 14.4. The first-order valence-corrected chi connectivity index (χ1v) is 8.20. The Kier molecular flexibility index (Phi) is 5.79. The number of nitrogens with one attached hydrogen (secondary N) is 1. The molecule has 1 unspecified atom stereocenters. The van der Waals surface area contributed by atoms with E-state index in [-0.39, 0.29) is 0 Å². The van der Waals surface area contributed by atoms with Gasteiger partial charge in [0.25, 0.3) is 0 Å². The van der Waals surface area contributed by atoms with Crippen LogP contribution in [0.3, 0.4) is 0 Å². The number of hydrogen-bond donors (Lipinski definition) is 2. The van der Waals surface area contributed by atoms with Gasteiger partial charge in [-0.05, 0) is 32.9 Å². The van der Waals surface area contributed by atoms with Crippen LogP contribution >= 0.6 is 11.3 Å². The van der Waals surface area contributed by atoms with Crippen LogP contribution in [0.2, 0.25) is 0 Å². The number of guanidine groups is 1. The summed E-state index contributed by atoms with van der Waals surface area (Å²) in [6, 6.07) is 0.571. The lowest BCUT2D eigenvalue weighted by molar-refractivity contribution is 0.273. The average molecular weight is 295 g/mol. The van der Waals surface area contributed by atoms with E-state index in [1.165, 1.54) is 24.3 Å². The highest BCUT2D eigenvalue weighted by molar-refractivity contribution is 7.11. The van der Waals surface area contributed by atoms with Crippen LogP contribution in [0, 0.1) is 6.92 Å². The molecule has 0 aromatic carbocycles. The maximum atomic E-state index is 5.91. The fourth-order valence-corrected chi connectivity index (χ4v) is 3.38. The van der Waals surface area contributed by atoms with Crippen molar-refractivity contribution in [3.63, 3.8) is 0 Å². The Hall–Kier alpha value is -1.14. The number of aryl methyl sites for hydroxylation is 1. The van der Waals surface area contributed by atoms with Crippen LogP contribution < -0.4 is 11.1 Å². The molecule has 112 valence electrons. The third kappa shape index (κ3) is 4.45. The maximum absolute atomic E-state index is 5.91. The van der Waals surface area contributed by atoms with Gasteiger partial charge in [-0.3, -0.25) is 9.89 Å². The monoisotopic (exact) mass is 295 g/mol.